The number of carbonyl (C=O) groups is 4. The van der Waals surface area contributed by atoms with E-state index in [2.05, 4.69) is 21.2 Å². The summed E-state index contributed by atoms with van der Waals surface area (Å²) in [6, 6.07) is 23.3. The molecule has 1 aliphatic heterocycles. The highest BCUT2D eigenvalue weighted by molar-refractivity contribution is 9.10. The molecule has 2 atom stereocenters. The Balaban J connectivity index is 1.54. The second kappa shape index (κ2) is 13.5. The van der Waals surface area contributed by atoms with Gasteiger partial charge in [-0.05, 0) is 55.2 Å². The highest BCUT2D eigenvalue weighted by Crippen LogP contribution is 2.23. The third-order valence-electron chi connectivity index (χ3n) is 7.19. The van der Waals surface area contributed by atoms with Crippen molar-refractivity contribution in [2.45, 2.75) is 58.2 Å². The van der Waals surface area contributed by atoms with Crippen molar-refractivity contribution >= 4 is 39.6 Å². The molecule has 3 aromatic rings. The lowest BCUT2D eigenvalue weighted by molar-refractivity contribution is -0.141. The number of nitrogens with zero attached hydrogens (tertiary/aromatic N) is 2. The van der Waals surface area contributed by atoms with E-state index in [1.807, 2.05) is 68.4 Å². The molecule has 0 fully saturated rings. The van der Waals surface area contributed by atoms with Gasteiger partial charge in [0.25, 0.3) is 11.8 Å². The minimum absolute atomic E-state index is 0.0378. The molecular formula is C32H34BrN3O4. The lowest BCUT2D eigenvalue weighted by Crippen LogP contribution is -2.52. The fourth-order valence-electron chi connectivity index (χ4n) is 4.76. The second-order valence-corrected chi connectivity index (χ2v) is 11.0. The van der Waals surface area contributed by atoms with Crippen molar-refractivity contribution in [3.8, 4) is 0 Å². The molecule has 0 spiro atoms. The molecule has 0 saturated carbocycles. The molecule has 1 heterocycles. The summed E-state index contributed by atoms with van der Waals surface area (Å²) in [5, 5.41) is 3.06. The zero-order valence-corrected chi connectivity index (χ0v) is 24.4. The minimum Gasteiger partial charge on any atom is -0.352 e. The van der Waals surface area contributed by atoms with Crippen LogP contribution in [0.3, 0.4) is 0 Å². The number of nitrogens with one attached hydrogen (secondary N) is 1. The quantitative estimate of drug-likeness (QED) is 0.282. The maximum Gasteiger partial charge on any atom is 0.261 e. The Morgan fingerprint density at radius 3 is 2.08 bits per heavy atom. The molecule has 2 unspecified atom stereocenters. The lowest BCUT2D eigenvalue weighted by atomic mass is 10.0. The van der Waals surface area contributed by atoms with Crippen LogP contribution in [0.5, 0.6) is 0 Å². The Kier molecular flexibility index (Phi) is 9.88. The van der Waals surface area contributed by atoms with Gasteiger partial charge in [0.05, 0.1) is 11.1 Å². The molecule has 3 aromatic carbocycles. The maximum atomic E-state index is 13.8. The van der Waals surface area contributed by atoms with E-state index in [9.17, 15) is 19.2 Å². The lowest BCUT2D eigenvalue weighted by Gasteiger charge is -2.32. The number of imide groups is 1. The standard InChI is InChI=1S/C32H34BrN3O4/c1-3-22(2)34-30(38)28(20-23-10-5-4-6-11-23)36(21-24-15-17-25(33)18-16-24)29(37)14-9-19-35-31(39)26-12-7-8-13-27(26)32(35)40/h4-8,10-13,15-18,22,28H,3,9,14,19-21H2,1-2H3,(H,34,38). The number of halogens is 1. The van der Waals surface area contributed by atoms with Gasteiger partial charge >= 0.3 is 0 Å². The molecule has 7 nitrogen and oxygen atoms in total. The Morgan fingerprint density at radius 1 is 0.875 bits per heavy atom. The van der Waals surface area contributed by atoms with Gasteiger partial charge in [0, 0.05) is 36.4 Å². The molecule has 4 amide bonds. The number of benzene rings is 3. The predicted octanol–water partition coefficient (Wildman–Crippen LogP) is 5.38. The van der Waals surface area contributed by atoms with E-state index in [0.717, 1.165) is 22.0 Å². The van der Waals surface area contributed by atoms with E-state index >= 15 is 0 Å². The molecule has 0 radical (unpaired) electrons. The summed E-state index contributed by atoms with van der Waals surface area (Å²) >= 11 is 3.45. The van der Waals surface area contributed by atoms with Crippen molar-refractivity contribution in [1.82, 2.24) is 15.1 Å². The summed E-state index contributed by atoms with van der Waals surface area (Å²) in [6.07, 6.45) is 1.52. The van der Waals surface area contributed by atoms with Gasteiger partial charge in [-0.2, -0.15) is 0 Å². The van der Waals surface area contributed by atoms with Gasteiger partial charge in [0.2, 0.25) is 11.8 Å². The first-order chi connectivity index (χ1) is 19.3. The Morgan fingerprint density at radius 2 is 1.48 bits per heavy atom. The van der Waals surface area contributed by atoms with Crippen LogP contribution < -0.4 is 5.32 Å². The average Bonchev–Trinajstić information content (AvgIpc) is 3.21. The first-order valence-electron chi connectivity index (χ1n) is 13.6. The Bertz CT molecular complexity index is 1330. The minimum atomic E-state index is -0.730. The van der Waals surface area contributed by atoms with Crippen molar-refractivity contribution in [2.75, 3.05) is 6.54 Å². The van der Waals surface area contributed by atoms with Gasteiger partial charge < -0.3 is 10.2 Å². The van der Waals surface area contributed by atoms with E-state index in [-0.39, 0.29) is 49.2 Å². The van der Waals surface area contributed by atoms with Crippen molar-refractivity contribution in [1.29, 1.82) is 0 Å². The number of hydrogen-bond donors (Lipinski definition) is 1. The summed E-state index contributed by atoms with van der Waals surface area (Å²) in [4.78, 5) is 55.8. The van der Waals surface area contributed by atoms with Gasteiger partial charge in [-0.1, -0.05) is 77.5 Å². The molecule has 0 saturated heterocycles. The van der Waals surface area contributed by atoms with Crippen molar-refractivity contribution in [3.63, 3.8) is 0 Å². The molecule has 208 valence electrons. The molecule has 8 heteroatoms. The smallest absolute Gasteiger partial charge is 0.261 e. The highest BCUT2D eigenvalue weighted by atomic mass is 79.9. The number of carbonyl (C=O) groups excluding carboxylic acids is 4. The number of fused-ring (bicyclic) bond motifs is 1. The fraction of sp³-hybridized carbons (Fsp3) is 0.312. The van der Waals surface area contributed by atoms with Crippen LogP contribution in [0.15, 0.2) is 83.3 Å². The number of amides is 4. The van der Waals surface area contributed by atoms with E-state index in [1.54, 1.807) is 29.2 Å². The Labute approximate surface area is 243 Å². The third kappa shape index (κ3) is 7.04. The monoisotopic (exact) mass is 603 g/mol. The average molecular weight is 605 g/mol. The number of hydrogen-bond acceptors (Lipinski definition) is 4. The van der Waals surface area contributed by atoms with E-state index in [4.69, 9.17) is 0 Å². The van der Waals surface area contributed by atoms with Crippen LogP contribution in [0.4, 0.5) is 0 Å². The van der Waals surface area contributed by atoms with Gasteiger partial charge in [-0.25, -0.2) is 0 Å². The SMILES string of the molecule is CCC(C)NC(=O)C(Cc1ccccc1)N(Cc1ccc(Br)cc1)C(=O)CCCN1C(=O)c2ccccc2C1=O. The van der Waals surface area contributed by atoms with Gasteiger partial charge in [0.1, 0.15) is 6.04 Å². The zero-order valence-electron chi connectivity index (χ0n) is 22.8. The van der Waals surface area contributed by atoms with Crippen molar-refractivity contribution in [2.24, 2.45) is 0 Å². The molecule has 1 N–H and O–H groups in total. The van der Waals surface area contributed by atoms with Crippen LogP contribution in [-0.4, -0.2) is 52.1 Å². The molecule has 4 rings (SSSR count). The molecule has 0 aromatic heterocycles. The summed E-state index contributed by atoms with van der Waals surface area (Å²) < 4.78 is 0.922. The first kappa shape index (κ1) is 29.2. The largest absolute Gasteiger partial charge is 0.352 e. The Hall–Kier alpha value is -3.78. The molecule has 1 aliphatic rings. The van der Waals surface area contributed by atoms with Gasteiger partial charge in [-0.15, -0.1) is 0 Å². The summed E-state index contributed by atoms with van der Waals surface area (Å²) in [5.74, 6) is -1.09. The first-order valence-corrected chi connectivity index (χ1v) is 14.4. The van der Waals surface area contributed by atoms with Gasteiger partial charge in [-0.3, -0.25) is 24.1 Å². The fourth-order valence-corrected chi connectivity index (χ4v) is 5.02. The van der Waals surface area contributed by atoms with Crippen molar-refractivity contribution < 1.29 is 19.2 Å². The van der Waals surface area contributed by atoms with Crippen LogP contribution >= 0.6 is 15.9 Å². The predicted molar refractivity (Wildman–Crippen MR) is 158 cm³/mol. The van der Waals surface area contributed by atoms with E-state index in [0.29, 0.717) is 24.0 Å². The third-order valence-corrected chi connectivity index (χ3v) is 7.72. The second-order valence-electron chi connectivity index (χ2n) is 10.1. The van der Waals surface area contributed by atoms with Crippen LogP contribution in [-0.2, 0) is 22.6 Å². The highest BCUT2D eigenvalue weighted by Gasteiger charge is 2.35. The zero-order chi connectivity index (χ0) is 28.6. The molecule has 40 heavy (non-hydrogen) atoms. The normalized spacial score (nSPS) is 14.0. The topological polar surface area (TPSA) is 86.8 Å². The van der Waals surface area contributed by atoms with Crippen LogP contribution in [0.1, 0.15) is 65.0 Å². The van der Waals surface area contributed by atoms with Gasteiger partial charge in [0.15, 0.2) is 0 Å². The maximum absolute atomic E-state index is 13.8. The molecule has 0 aliphatic carbocycles. The molecule has 0 bridgehead atoms. The van der Waals surface area contributed by atoms with Crippen LogP contribution in [0.2, 0.25) is 0 Å². The summed E-state index contributed by atoms with van der Waals surface area (Å²) in [6.45, 7) is 4.33. The van der Waals surface area contributed by atoms with E-state index in [1.165, 1.54) is 4.90 Å². The van der Waals surface area contributed by atoms with Crippen molar-refractivity contribution in [3.05, 3.63) is 106 Å². The van der Waals surface area contributed by atoms with Crippen LogP contribution in [0.25, 0.3) is 0 Å². The van der Waals surface area contributed by atoms with E-state index < -0.39 is 6.04 Å². The number of rotatable bonds is 12. The summed E-state index contributed by atoms with van der Waals surface area (Å²) in [5.41, 5.74) is 2.62. The van der Waals surface area contributed by atoms with Crippen LogP contribution in [0, 0.1) is 0 Å². The summed E-state index contributed by atoms with van der Waals surface area (Å²) in [7, 11) is 0. The molecular weight excluding hydrogens is 570 g/mol.